The zero-order chi connectivity index (χ0) is 25.5. The fraction of sp³-hybridized carbons (Fsp3) is 0.226. The predicted octanol–water partition coefficient (Wildman–Crippen LogP) is 6.52. The zero-order valence-electron chi connectivity index (χ0n) is 20.5. The fourth-order valence-corrected chi connectivity index (χ4v) is 5.08. The number of carbonyl (C=O) groups is 1. The van der Waals surface area contributed by atoms with Gasteiger partial charge in [0, 0.05) is 12.4 Å². The Bertz CT molecular complexity index is 1340. The van der Waals surface area contributed by atoms with Crippen molar-refractivity contribution in [3.8, 4) is 18.1 Å². The van der Waals surface area contributed by atoms with Crippen LogP contribution in [0.2, 0.25) is 0 Å². The highest BCUT2D eigenvalue weighted by atomic mass is 127. The van der Waals surface area contributed by atoms with Crippen molar-refractivity contribution >= 4 is 40.3 Å². The number of amides is 1. The van der Waals surface area contributed by atoms with Gasteiger partial charge in [0.15, 0.2) is 0 Å². The van der Waals surface area contributed by atoms with Gasteiger partial charge in [-0.1, -0.05) is 54.5 Å². The molecule has 0 spiro atoms. The summed E-state index contributed by atoms with van der Waals surface area (Å²) in [6, 6.07) is 21.9. The van der Waals surface area contributed by atoms with E-state index in [-0.39, 0.29) is 18.1 Å². The van der Waals surface area contributed by atoms with Gasteiger partial charge in [-0.05, 0) is 95.3 Å². The monoisotopic (exact) mass is 588 g/mol. The van der Waals surface area contributed by atoms with Crippen LogP contribution in [-0.4, -0.2) is 18.2 Å². The van der Waals surface area contributed by atoms with Crippen LogP contribution in [0.5, 0.6) is 5.75 Å². The van der Waals surface area contributed by atoms with E-state index in [1.54, 1.807) is 12.4 Å². The molecule has 1 atom stereocenters. The van der Waals surface area contributed by atoms with Crippen molar-refractivity contribution in [2.45, 2.75) is 45.3 Å². The van der Waals surface area contributed by atoms with Crippen LogP contribution in [0.1, 0.15) is 54.1 Å². The Kier molecular flexibility index (Phi) is 8.61. The minimum Gasteiger partial charge on any atom is -0.490 e. The number of carbonyl (C=O) groups excluding carboxylic acids is 1. The van der Waals surface area contributed by atoms with E-state index in [4.69, 9.17) is 11.2 Å². The van der Waals surface area contributed by atoms with Crippen molar-refractivity contribution in [2.24, 2.45) is 4.99 Å². The highest BCUT2D eigenvalue weighted by Gasteiger charge is 2.26. The summed E-state index contributed by atoms with van der Waals surface area (Å²) < 4.78 is 6.84. The highest BCUT2D eigenvalue weighted by molar-refractivity contribution is 14.1. The first-order valence-corrected chi connectivity index (χ1v) is 13.1. The summed E-state index contributed by atoms with van der Waals surface area (Å²) in [5.74, 6) is 3.70. The lowest BCUT2D eigenvalue weighted by molar-refractivity contribution is -0.121. The van der Waals surface area contributed by atoms with Crippen LogP contribution in [0.3, 0.4) is 0 Å². The van der Waals surface area contributed by atoms with E-state index >= 15 is 0 Å². The van der Waals surface area contributed by atoms with E-state index in [1.165, 1.54) is 5.56 Å². The molecule has 1 amide bonds. The molecule has 3 aromatic carbocycles. The summed E-state index contributed by atoms with van der Waals surface area (Å²) >= 11 is 2.27. The molecular formula is C31H29IN2O2. The molecule has 1 N–H and O–H groups in total. The van der Waals surface area contributed by atoms with Gasteiger partial charge in [-0.2, -0.15) is 0 Å². The van der Waals surface area contributed by atoms with Crippen molar-refractivity contribution in [1.82, 2.24) is 5.32 Å². The minimum atomic E-state index is -0.00710. The van der Waals surface area contributed by atoms with E-state index < -0.39 is 0 Å². The summed E-state index contributed by atoms with van der Waals surface area (Å²) in [5, 5.41) is 3.20. The largest absolute Gasteiger partial charge is 0.490 e. The minimum absolute atomic E-state index is 0.00710. The molecule has 0 saturated heterocycles. The predicted molar refractivity (Wildman–Crippen MR) is 155 cm³/mol. The van der Waals surface area contributed by atoms with Gasteiger partial charge in [0.2, 0.25) is 5.91 Å². The Morgan fingerprint density at radius 1 is 1.19 bits per heavy atom. The van der Waals surface area contributed by atoms with Crippen LogP contribution >= 0.6 is 22.6 Å². The molecule has 0 heterocycles. The van der Waals surface area contributed by atoms with Crippen molar-refractivity contribution in [2.75, 3.05) is 0 Å². The molecule has 1 aliphatic rings. The number of nitrogens with one attached hydrogen (secondary N) is 1. The SMILES string of the molecule is C#C/C(=C\N=C\c1ccc(OC(C)C)c(I)c1)c1cccc2c1CC[C@@H]2NC(=O)Cc1ccccc1. The summed E-state index contributed by atoms with van der Waals surface area (Å²) in [6.45, 7) is 4.03. The average molecular weight is 588 g/mol. The van der Waals surface area contributed by atoms with E-state index in [0.717, 1.165) is 50.0 Å². The quantitative estimate of drug-likeness (QED) is 0.185. The molecule has 0 fully saturated rings. The smallest absolute Gasteiger partial charge is 0.224 e. The normalized spacial score (nSPS) is 15.1. The van der Waals surface area contributed by atoms with Crippen LogP contribution in [0, 0.1) is 15.9 Å². The number of terminal acetylenes is 1. The van der Waals surface area contributed by atoms with E-state index in [0.29, 0.717) is 6.42 Å². The first-order chi connectivity index (χ1) is 17.4. The van der Waals surface area contributed by atoms with Crippen LogP contribution in [0.25, 0.3) is 5.57 Å². The molecule has 5 heteroatoms. The van der Waals surface area contributed by atoms with E-state index in [9.17, 15) is 4.79 Å². The average Bonchev–Trinajstić information content (AvgIpc) is 3.27. The maximum Gasteiger partial charge on any atom is 0.224 e. The molecule has 0 saturated carbocycles. The van der Waals surface area contributed by atoms with Crippen LogP contribution in [0.15, 0.2) is 77.9 Å². The summed E-state index contributed by atoms with van der Waals surface area (Å²) in [7, 11) is 0. The molecule has 0 unspecified atom stereocenters. The molecule has 1 aliphatic carbocycles. The van der Waals surface area contributed by atoms with Crippen molar-refractivity contribution in [3.63, 3.8) is 0 Å². The van der Waals surface area contributed by atoms with Crippen LogP contribution in [-0.2, 0) is 17.6 Å². The van der Waals surface area contributed by atoms with Crippen molar-refractivity contribution < 1.29 is 9.53 Å². The third-order valence-electron chi connectivity index (χ3n) is 6.00. The standard InChI is InChI=1S/C31H29IN2O2/c1-4-24(20-33-19-23-13-16-30(28(32)17-23)36-21(2)3)25-11-8-12-27-26(25)14-15-29(27)34-31(35)18-22-9-6-5-7-10-22/h1,5-13,16-17,19-21,29H,14-15,18H2,2-3H3,(H,34,35)/b24-20+,33-19+/t29-/m0/s1. The van der Waals surface area contributed by atoms with Gasteiger partial charge in [-0.15, -0.1) is 6.42 Å². The first kappa shape index (κ1) is 25.7. The summed E-state index contributed by atoms with van der Waals surface area (Å²) in [4.78, 5) is 17.2. The second kappa shape index (κ2) is 12.0. The molecule has 36 heavy (non-hydrogen) atoms. The van der Waals surface area contributed by atoms with Crippen LogP contribution < -0.4 is 10.1 Å². The summed E-state index contributed by atoms with van der Waals surface area (Å²) in [5.41, 5.74) is 6.04. The molecule has 0 bridgehead atoms. The molecule has 0 radical (unpaired) electrons. The van der Waals surface area contributed by atoms with E-state index in [1.807, 2.05) is 74.5 Å². The Morgan fingerprint density at radius 2 is 2.00 bits per heavy atom. The van der Waals surface area contributed by atoms with Gasteiger partial charge in [0.05, 0.1) is 27.7 Å². The van der Waals surface area contributed by atoms with Crippen LogP contribution in [0.4, 0.5) is 0 Å². The number of hydrogen-bond acceptors (Lipinski definition) is 3. The highest BCUT2D eigenvalue weighted by Crippen LogP contribution is 2.36. The number of nitrogens with zero attached hydrogens (tertiary/aromatic N) is 1. The third-order valence-corrected chi connectivity index (χ3v) is 6.85. The topological polar surface area (TPSA) is 50.7 Å². The molecule has 4 rings (SSSR count). The first-order valence-electron chi connectivity index (χ1n) is 12.1. The second-order valence-electron chi connectivity index (χ2n) is 9.02. The maximum absolute atomic E-state index is 12.6. The second-order valence-corrected chi connectivity index (χ2v) is 10.2. The number of aliphatic imine (C=N–C) groups is 1. The van der Waals surface area contributed by atoms with Gasteiger partial charge >= 0.3 is 0 Å². The van der Waals surface area contributed by atoms with Gasteiger partial charge in [-0.3, -0.25) is 9.79 Å². The number of halogens is 1. The maximum atomic E-state index is 12.6. The van der Waals surface area contributed by atoms with Crippen molar-refractivity contribution in [3.05, 3.63) is 104 Å². The molecule has 0 aromatic heterocycles. The molecule has 3 aromatic rings. The molecule has 0 aliphatic heterocycles. The van der Waals surface area contributed by atoms with Gasteiger partial charge in [0.25, 0.3) is 0 Å². The van der Waals surface area contributed by atoms with Gasteiger partial charge in [0.1, 0.15) is 5.75 Å². The number of rotatable bonds is 8. The van der Waals surface area contributed by atoms with Crippen molar-refractivity contribution in [1.29, 1.82) is 0 Å². The summed E-state index contributed by atoms with van der Waals surface area (Å²) in [6.07, 6.45) is 11.7. The van der Waals surface area contributed by atoms with E-state index in [2.05, 4.69) is 44.9 Å². The fourth-order valence-electron chi connectivity index (χ4n) is 4.41. The molecular weight excluding hydrogens is 559 g/mol. The lowest BCUT2D eigenvalue weighted by Gasteiger charge is -2.15. The molecule has 4 nitrogen and oxygen atoms in total. The lowest BCUT2D eigenvalue weighted by Crippen LogP contribution is -2.28. The number of hydrogen-bond donors (Lipinski definition) is 1. The Balaban J connectivity index is 1.48. The Labute approximate surface area is 227 Å². The third kappa shape index (κ3) is 6.44. The number of allylic oxidation sites excluding steroid dienone is 1. The zero-order valence-corrected chi connectivity index (χ0v) is 22.7. The Morgan fingerprint density at radius 3 is 2.72 bits per heavy atom. The number of fused-ring (bicyclic) bond motifs is 1. The number of benzene rings is 3. The molecule has 182 valence electrons. The Hall–Kier alpha value is -3.37. The lowest BCUT2D eigenvalue weighted by atomic mass is 9.97. The number of ether oxygens (including phenoxy) is 1. The van der Waals surface area contributed by atoms with Gasteiger partial charge in [-0.25, -0.2) is 0 Å². The van der Waals surface area contributed by atoms with Gasteiger partial charge < -0.3 is 10.1 Å².